The number of benzene rings is 2. The second-order valence-corrected chi connectivity index (χ2v) is 4.79. The fourth-order valence-electron chi connectivity index (χ4n) is 2.00. The van der Waals surface area contributed by atoms with Crippen molar-refractivity contribution in [3.05, 3.63) is 59.1 Å². The van der Waals surface area contributed by atoms with E-state index in [1.807, 2.05) is 24.3 Å². The molecule has 1 heterocycles. The third kappa shape index (κ3) is 2.42. The Bertz CT molecular complexity index is 789. The van der Waals surface area contributed by atoms with Crippen molar-refractivity contribution in [2.75, 3.05) is 5.32 Å². The van der Waals surface area contributed by atoms with Crippen LogP contribution in [-0.2, 0) is 0 Å². The Morgan fingerprint density at radius 1 is 1.10 bits per heavy atom. The maximum Gasteiger partial charge on any atom is 0.224 e. The topological polar surface area (TPSA) is 37.8 Å². The van der Waals surface area contributed by atoms with Gasteiger partial charge in [0, 0.05) is 11.1 Å². The molecule has 0 unspecified atom stereocenters. The van der Waals surface area contributed by atoms with Crippen LogP contribution in [0, 0.1) is 12.7 Å². The smallest absolute Gasteiger partial charge is 0.224 e. The Labute approximate surface area is 120 Å². The standard InChI is InChI=1S/C15H11ClFN3/c1-9-8-10(6-7-12(9)17)18-14-11-4-2-3-5-13(11)19-15(16)20-14/h2-8H,1H3,(H,18,19,20). The van der Waals surface area contributed by atoms with Crippen LogP contribution in [0.4, 0.5) is 15.9 Å². The van der Waals surface area contributed by atoms with Crippen LogP contribution in [0.5, 0.6) is 0 Å². The molecule has 0 aliphatic carbocycles. The molecule has 20 heavy (non-hydrogen) atoms. The van der Waals surface area contributed by atoms with E-state index in [-0.39, 0.29) is 11.1 Å². The highest BCUT2D eigenvalue weighted by Gasteiger charge is 2.07. The van der Waals surface area contributed by atoms with Crippen molar-refractivity contribution in [2.24, 2.45) is 0 Å². The highest BCUT2D eigenvalue weighted by molar-refractivity contribution is 6.28. The predicted octanol–water partition coefficient (Wildman–Crippen LogP) is 4.47. The molecule has 0 saturated carbocycles. The first-order chi connectivity index (χ1) is 9.63. The van der Waals surface area contributed by atoms with Crippen LogP contribution >= 0.6 is 11.6 Å². The van der Waals surface area contributed by atoms with E-state index in [1.165, 1.54) is 6.07 Å². The lowest BCUT2D eigenvalue weighted by molar-refractivity contribution is 0.619. The van der Waals surface area contributed by atoms with Gasteiger partial charge in [-0.05, 0) is 54.4 Å². The number of aromatic nitrogens is 2. The van der Waals surface area contributed by atoms with Gasteiger partial charge >= 0.3 is 0 Å². The highest BCUT2D eigenvalue weighted by atomic mass is 35.5. The molecule has 1 aromatic heterocycles. The number of nitrogens with one attached hydrogen (secondary N) is 1. The minimum atomic E-state index is -0.235. The minimum absolute atomic E-state index is 0.171. The lowest BCUT2D eigenvalue weighted by atomic mass is 10.2. The average Bonchev–Trinajstić information content (AvgIpc) is 2.43. The summed E-state index contributed by atoms with van der Waals surface area (Å²) < 4.78 is 13.3. The average molecular weight is 288 g/mol. The number of rotatable bonds is 2. The minimum Gasteiger partial charge on any atom is -0.340 e. The molecule has 3 rings (SSSR count). The summed E-state index contributed by atoms with van der Waals surface area (Å²) in [6.07, 6.45) is 0. The predicted molar refractivity (Wildman–Crippen MR) is 79.0 cm³/mol. The molecule has 100 valence electrons. The van der Waals surface area contributed by atoms with E-state index in [4.69, 9.17) is 11.6 Å². The number of aryl methyl sites for hydroxylation is 1. The van der Waals surface area contributed by atoms with Gasteiger partial charge in [0.2, 0.25) is 5.28 Å². The van der Waals surface area contributed by atoms with Crippen molar-refractivity contribution < 1.29 is 4.39 Å². The summed E-state index contributed by atoms with van der Waals surface area (Å²) in [6, 6.07) is 12.4. The fourth-order valence-corrected chi connectivity index (χ4v) is 2.18. The largest absolute Gasteiger partial charge is 0.340 e. The van der Waals surface area contributed by atoms with Crippen molar-refractivity contribution in [1.82, 2.24) is 9.97 Å². The van der Waals surface area contributed by atoms with E-state index in [0.717, 1.165) is 16.6 Å². The Hall–Kier alpha value is -2.20. The molecule has 3 aromatic rings. The third-order valence-electron chi connectivity index (χ3n) is 3.00. The highest BCUT2D eigenvalue weighted by Crippen LogP contribution is 2.25. The third-order valence-corrected chi connectivity index (χ3v) is 3.17. The van der Waals surface area contributed by atoms with Gasteiger partial charge in [-0.3, -0.25) is 0 Å². The zero-order chi connectivity index (χ0) is 14.1. The van der Waals surface area contributed by atoms with Gasteiger partial charge < -0.3 is 5.32 Å². The zero-order valence-corrected chi connectivity index (χ0v) is 11.4. The maximum absolute atomic E-state index is 13.3. The van der Waals surface area contributed by atoms with E-state index < -0.39 is 0 Å². The fraction of sp³-hybridized carbons (Fsp3) is 0.0667. The summed E-state index contributed by atoms with van der Waals surface area (Å²) in [5.74, 6) is 0.368. The zero-order valence-electron chi connectivity index (χ0n) is 10.7. The molecule has 0 spiro atoms. The van der Waals surface area contributed by atoms with E-state index in [9.17, 15) is 4.39 Å². The van der Waals surface area contributed by atoms with Gasteiger partial charge in [0.05, 0.1) is 5.52 Å². The molecule has 0 fully saturated rings. The molecule has 0 bridgehead atoms. The van der Waals surface area contributed by atoms with Crippen molar-refractivity contribution in [2.45, 2.75) is 6.92 Å². The van der Waals surface area contributed by atoms with E-state index in [1.54, 1.807) is 19.1 Å². The van der Waals surface area contributed by atoms with E-state index in [0.29, 0.717) is 11.4 Å². The van der Waals surface area contributed by atoms with Crippen LogP contribution in [0.25, 0.3) is 10.9 Å². The molecule has 1 N–H and O–H groups in total. The monoisotopic (exact) mass is 287 g/mol. The van der Waals surface area contributed by atoms with Crippen molar-refractivity contribution in [3.63, 3.8) is 0 Å². The normalized spacial score (nSPS) is 10.8. The van der Waals surface area contributed by atoms with Gasteiger partial charge in [-0.1, -0.05) is 12.1 Å². The molecule has 5 heteroatoms. The van der Waals surface area contributed by atoms with Crippen LogP contribution in [0.1, 0.15) is 5.56 Å². The van der Waals surface area contributed by atoms with Crippen molar-refractivity contribution in [3.8, 4) is 0 Å². The molecule has 0 amide bonds. The first-order valence-electron chi connectivity index (χ1n) is 6.09. The summed E-state index contributed by atoms with van der Waals surface area (Å²) in [7, 11) is 0. The number of fused-ring (bicyclic) bond motifs is 1. The summed E-state index contributed by atoms with van der Waals surface area (Å²) in [5, 5.41) is 4.18. The second-order valence-electron chi connectivity index (χ2n) is 4.45. The molecular weight excluding hydrogens is 277 g/mol. The first kappa shape index (κ1) is 12.8. The summed E-state index contributed by atoms with van der Waals surface area (Å²) in [4.78, 5) is 8.36. The lowest BCUT2D eigenvalue weighted by Crippen LogP contribution is -1.98. The van der Waals surface area contributed by atoms with Gasteiger partial charge in [0.15, 0.2) is 0 Å². The molecule has 0 atom stereocenters. The van der Waals surface area contributed by atoms with Crippen LogP contribution in [0.15, 0.2) is 42.5 Å². The Morgan fingerprint density at radius 3 is 2.70 bits per heavy atom. The van der Waals surface area contributed by atoms with Gasteiger partial charge in [-0.2, -0.15) is 4.98 Å². The Kier molecular flexibility index (Phi) is 3.24. The maximum atomic E-state index is 13.3. The van der Waals surface area contributed by atoms with E-state index in [2.05, 4.69) is 15.3 Å². The quantitative estimate of drug-likeness (QED) is 0.707. The van der Waals surface area contributed by atoms with Gasteiger partial charge in [0.1, 0.15) is 11.6 Å². The Balaban J connectivity index is 2.07. The van der Waals surface area contributed by atoms with Gasteiger partial charge in [-0.25, -0.2) is 9.37 Å². The molecule has 0 radical (unpaired) electrons. The summed E-state index contributed by atoms with van der Waals surface area (Å²) in [6.45, 7) is 1.71. The molecule has 0 aliphatic rings. The molecule has 3 nitrogen and oxygen atoms in total. The number of hydrogen-bond donors (Lipinski definition) is 1. The number of halogens is 2. The second kappa shape index (κ2) is 5.06. The van der Waals surface area contributed by atoms with Crippen molar-refractivity contribution >= 4 is 34.0 Å². The Morgan fingerprint density at radius 2 is 1.90 bits per heavy atom. The van der Waals surface area contributed by atoms with E-state index >= 15 is 0 Å². The molecule has 2 aromatic carbocycles. The number of anilines is 2. The van der Waals surface area contributed by atoms with Crippen LogP contribution in [0.3, 0.4) is 0 Å². The molecule has 0 saturated heterocycles. The van der Waals surface area contributed by atoms with Crippen LogP contribution in [-0.4, -0.2) is 9.97 Å². The number of para-hydroxylation sites is 1. The summed E-state index contributed by atoms with van der Waals surface area (Å²) >= 11 is 5.92. The number of hydrogen-bond acceptors (Lipinski definition) is 3. The molecular formula is C15H11ClFN3. The van der Waals surface area contributed by atoms with Gasteiger partial charge in [-0.15, -0.1) is 0 Å². The molecule has 0 aliphatic heterocycles. The first-order valence-corrected chi connectivity index (χ1v) is 6.47. The number of nitrogens with zero attached hydrogens (tertiary/aromatic N) is 2. The van der Waals surface area contributed by atoms with Crippen LogP contribution in [0.2, 0.25) is 5.28 Å². The van der Waals surface area contributed by atoms with Crippen LogP contribution < -0.4 is 5.32 Å². The SMILES string of the molecule is Cc1cc(Nc2nc(Cl)nc3ccccc23)ccc1F. The summed E-state index contributed by atoms with van der Waals surface area (Å²) in [5.41, 5.74) is 2.08. The lowest BCUT2D eigenvalue weighted by Gasteiger charge is -2.09. The van der Waals surface area contributed by atoms with Crippen molar-refractivity contribution in [1.29, 1.82) is 0 Å². The van der Waals surface area contributed by atoms with Gasteiger partial charge in [0.25, 0.3) is 0 Å².